The van der Waals surface area contributed by atoms with Crippen LogP contribution >= 0.6 is 27.5 Å². The Bertz CT molecular complexity index is 1250. The SMILES string of the molecule is Cc1ccccc1C(=O)N(CN1C(=O)C2C3C=CC(C4CC34)C2C1=O)c1ccc(Br)c(Cl)c1C. The van der Waals surface area contributed by atoms with E-state index in [1.165, 1.54) is 9.80 Å². The zero-order valence-corrected chi connectivity index (χ0v) is 21.2. The highest BCUT2D eigenvalue weighted by molar-refractivity contribution is 9.10. The van der Waals surface area contributed by atoms with Crippen LogP contribution in [0.2, 0.25) is 5.02 Å². The number of halogens is 2. The Kier molecular flexibility index (Phi) is 5.05. The number of rotatable bonds is 4. The van der Waals surface area contributed by atoms with E-state index in [2.05, 4.69) is 28.1 Å². The number of benzene rings is 2. The zero-order chi connectivity index (χ0) is 23.9. The van der Waals surface area contributed by atoms with Crippen molar-refractivity contribution in [2.45, 2.75) is 20.3 Å². The quantitative estimate of drug-likeness (QED) is 0.387. The summed E-state index contributed by atoms with van der Waals surface area (Å²) in [6, 6.07) is 10.9. The Balaban J connectivity index is 1.39. The summed E-state index contributed by atoms with van der Waals surface area (Å²) in [7, 11) is 0. The predicted molar refractivity (Wildman–Crippen MR) is 133 cm³/mol. The van der Waals surface area contributed by atoms with E-state index in [9.17, 15) is 14.4 Å². The van der Waals surface area contributed by atoms with Crippen LogP contribution in [-0.4, -0.2) is 29.3 Å². The first kappa shape index (κ1) is 22.1. The van der Waals surface area contributed by atoms with Gasteiger partial charge in [-0.25, -0.2) is 0 Å². The minimum atomic E-state index is -0.295. The lowest BCUT2D eigenvalue weighted by Crippen LogP contribution is -2.45. The Morgan fingerprint density at radius 2 is 1.65 bits per heavy atom. The molecule has 2 aromatic rings. The molecule has 3 amide bonds. The van der Waals surface area contributed by atoms with Crippen LogP contribution in [0.15, 0.2) is 53.0 Å². The van der Waals surface area contributed by atoms with Gasteiger partial charge in [0.05, 0.1) is 22.5 Å². The molecule has 7 heteroatoms. The number of amides is 3. The van der Waals surface area contributed by atoms with E-state index in [1.54, 1.807) is 18.2 Å². The third-order valence-electron chi connectivity index (χ3n) is 8.26. The van der Waals surface area contributed by atoms with Crippen LogP contribution in [0, 0.1) is 49.4 Å². The second-order valence-electron chi connectivity index (χ2n) is 9.95. The van der Waals surface area contributed by atoms with Gasteiger partial charge in [0.1, 0.15) is 6.67 Å². The maximum atomic E-state index is 13.8. The van der Waals surface area contributed by atoms with Crippen molar-refractivity contribution in [2.24, 2.45) is 35.5 Å². The van der Waals surface area contributed by atoms with Crippen molar-refractivity contribution in [3.8, 4) is 0 Å². The number of anilines is 1. The van der Waals surface area contributed by atoms with Crippen molar-refractivity contribution in [1.29, 1.82) is 0 Å². The van der Waals surface area contributed by atoms with Crippen LogP contribution in [0.25, 0.3) is 0 Å². The third kappa shape index (κ3) is 3.07. The number of carbonyl (C=O) groups excluding carboxylic acids is 3. The lowest BCUT2D eigenvalue weighted by Gasteiger charge is -2.37. The highest BCUT2D eigenvalue weighted by atomic mass is 79.9. The van der Waals surface area contributed by atoms with Gasteiger partial charge in [-0.3, -0.25) is 24.2 Å². The Labute approximate surface area is 211 Å². The van der Waals surface area contributed by atoms with Crippen molar-refractivity contribution in [3.05, 3.63) is 74.7 Å². The van der Waals surface area contributed by atoms with E-state index in [0.717, 1.165) is 16.5 Å². The van der Waals surface area contributed by atoms with E-state index < -0.39 is 0 Å². The molecule has 2 bridgehead atoms. The van der Waals surface area contributed by atoms with E-state index in [1.807, 2.05) is 32.0 Å². The van der Waals surface area contributed by atoms with Gasteiger partial charge < -0.3 is 0 Å². The molecule has 34 heavy (non-hydrogen) atoms. The molecule has 0 aromatic heterocycles. The second-order valence-corrected chi connectivity index (χ2v) is 11.2. The maximum Gasteiger partial charge on any atom is 0.260 e. The zero-order valence-electron chi connectivity index (χ0n) is 18.9. The molecule has 174 valence electrons. The highest BCUT2D eigenvalue weighted by Crippen LogP contribution is 2.65. The molecule has 1 saturated heterocycles. The van der Waals surface area contributed by atoms with Crippen LogP contribution in [0.5, 0.6) is 0 Å². The molecule has 6 unspecified atom stereocenters. The molecular weight excluding hydrogens is 516 g/mol. The molecule has 4 aliphatic carbocycles. The summed E-state index contributed by atoms with van der Waals surface area (Å²) < 4.78 is 0.722. The summed E-state index contributed by atoms with van der Waals surface area (Å²) in [5, 5.41) is 0.496. The Morgan fingerprint density at radius 3 is 2.26 bits per heavy atom. The average molecular weight is 540 g/mol. The molecule has 7 rings (SSSR count). The van der Waals surface area contributed by atoms with Crippen molar-refractivity contribution in [2.75, 3.05) is 11.6 Å². The fourth-order valence-electron chi connectivity index (χ4n) is 6.44. The summed E-state index contributed by atoms with van der Waals surface area (Å²) in [6.45, 7) is 3.60. The van der Waals surface area contributed by atoms with Crippen molar-refractivity contribution >= 4 is 50.9 Å². The maximum absolute atomic E-state index is 13.8. The fourth-order valence-corrected chi connectivity index (χ4v) is 7.03. The summed E-state index contributed by atoms with van der Waals surface area (Å²) >= 11 is 9.95. The Hall–Kier alpha value is -2.44. The molecule has 0 spiro atoms. The standard InChI is InChI=1S/C27H24BrClN2O3/c1-13-5-3-4-6-15(13)25(32)30(21-10-9-20(28)24(29)14(21)2)12-31-26(33)22-16-7-8-17(19-11-18(16)19)23(22)27(31)34/h3-10,16-19,22-23H,11-12H2,1-2H3. The summed E-state index contributed by atoms with van der Waals surface area (Å²) in [4.78, 5) is 43.9. The number of imide groups is 1. The molecule has 5 nitrogen and oxygen atoms in total. The summed E-state index contributed by atoms with van der Waals surface area (Å²) in [5.41, 5.74) is 2.65. The number of hydrogen-bond acceptors (Lipinski definition) is 3. The third-order valence-corrected chi connectivity index (χ3v) is 9.64. The van der Waals surface area contributed by atoms with Crippen molar-refractivity contribution in [1.82, 2.24) is 4.90 Å². The summed E-state index contributed by atoms with van der Waals surface area (Å²) in [6.07, 6.45) is 5.43. The number of nitrogens with zero attached hydrogens (tertiary/aromatic N) is 2. The number of carbonyl (C=O) groups is 3. The van der Waals surface area contributed by atoms with Crippen molar-refractivity contribution in [3.63, 3.8) is 0 Å². The minimum Gasteiger partial charge on any atom is -0.289 e. The van der Waals surface area contributed by atoms with Gasteiger partial charge in [0.2, 0.25) is 11.8 Å². The molecule has 6 atom stereocenters. The molecule has 1 heterocycles. The van der Waals surface area contributed by atoms with Gasteiger partial charge in [-0.15, -0.1) is 0 Å². The summed E-state index contributed by atoms with van der Waals surface area (Å²) in [5.74, 6) is 0.199. The van der Waals surface area contributed by atoms with Crippen LogP contribution in [0.1, 0.15) is 27.9 Å². The predicted octanol–water partition coefficient (Wildman–Crippen LogP) is 5.38. The first-order valence-electron chi connectivity index (χ1n) is 11.6. The van der Waals surface area contributed by atoms with Gasteiger partial charge in [-0.1, -0.05) is 42.0 Å². The monoisotopic (exact) mass is 538 g/mol. The first-order chi connectivity index (χ1) is 16.3. The van der Waals surface area contributed by atoms with E-state index in [4.69, 9.17) is 11.6 Å². The topological polar surface area (TPSA) is 57.7 Å². The lowest BCUT2D eigenvalue weighted by molar-refractivity contribution is -0.140. The smallest absolute Gasteiger partial charge is 0.260 e. The highest BCUT2D eigenvalue weighted by Gasteiger charge is 2.67. The number of likely N-dealkylation sites (tertiary alicyclic amines) is 1. The molecule has 2 saturated carbocycles. The van der Waals surface area contributed by atoms with Gasteiger partial charge in [-0.05, 0) is 89.2 Å². The largest absolute Gasteiger partial charge is 0.289 e. The molecule has 2 aromatic carbocycles. The number of aryl methyl sites for hydroxylation is 1. The molecule has 0 radical (unpaired) electrons. The van der Waals surface area contributed by atoms with E-state index in [-0.39, 0.29) is 48.1 Å². The lowest BCUT2D eigenvalue weighted by atomic mass is 9.63. The Morgan fingerprint density at radius 1 is 1.03 bits per heavy atom. The van der Waals surface area contributed by atoms with Crippen LogP contribution in [0.3, 0.4) is 0 Å². The normalized spacial score (nSPS) is 30.4. The molecule has 1 aliphatic heterocycles. The number of allylic oxidation sites excluding steroid dienone is 2. The van der Waals surface area contributed by atoms with E-state index >= 15 is 0 Å². The molecule has 3 fully saturated rings. The van der Waals surface area contributed by atoms with Crippen LogP contribution in [0.4, 0.5) is 5.69 Å². The minimum absolute atomic E-state index is 0.120. The first-order valence-corrected chi connectivity index (χ1v) is 12.8. The van der Waals surface area contributed by atoms with Gasteiger partial charge >= 0.3 is 0 Å². The molecular formula is C27H24BrClN2O3. The molecule has 5 aliphatic rings. The van der Waals surface area contributed by atoms with Crippen LogP contribution < -0.4 is 4.90 Å². The average Bonchev–Trinajstić information content (AvgIpc) is 3.61. The van der Waals surface area contributed by atoms with Crippen molar-refractivity contribution < 1.29 is 14.4 Å². The molecule has 0 N–H and O–H groups in total. The van der Waals surface area contributed by atoms with E-state index in [0.29, 0.717) is 33.7 Å². The van der Waals surface area contributed by atoms with Gasteiger partial charge in [0, 0.05) is 10.0 Å². The second kappa shape index (κ2) is 7.79. The van der Waals surface area contributed by atoms with Crippen LogP contribution in [-0.2, 0) is 9.59 Å². The van der Waals surface area contributed by atoms with Gasteiger partial charge in [0.15, 0.2) is 0 Å². The fraction of sp³-hybridized carbons (Fsp3) is 0.370. The number of hydrogen-bond donors (Lipinski definition) is 0. The van der Waals surface area contributed by atoms with Gasteiger partial charge in [-0.2, -0.15) is 0 Å². The van der Waals surface area contributed by atoms with Gasteiger partial charge in [0.25, 0.3) is 5.91 Å².